The molecule has 0 N–H and O–H groups in total. The van der Waals surface area contributed by atoms with Crippen molar-refractivity contribution in [2.45, 2.75) is 46.8 Å². The van der Waals surface area contributed by atoms with Gasteiger partial charge in [-0.05, 0) is 44.4 Å². The van der Waals surface area contributed by atoms with Gasteiger partial charge in [0.2, 0.25) is 11.5 Å². The van der Waals surface area contributed by atoms with Crippen LogP contribution in [0.25, 0.3) is 22.1 Å². The lowest BCUT2D eigenvalue weighted by molar-refractivity contribution is 0.0572. The van der Waals surface area contributed by atoms with Gasteiger partial charge in [0, 0.05) is 11.9 Å². The molecular formula is C26H29N3O4. The van der Waals surface area contributed by atoms with E-state index in [4.69, 9.17) is 14.1 Å². The minimum atomic E-state index is -0.691. The number of ether oxygens (including phenoxy) is 1. The molecule has 0 aliphatic heterocycles. The van der Waals surface area contributed by atoms with Gasteiger partial charge in [-0.25, -0.2) is 14.7 Å². The van der Waals surface area contributed by atoms with E-state index in [1.807, 2.05) is 83.1 Å². The third kappa shape index (κ3) is 4.77. The van der Waals surface area contributed by atoms with Crippen LogP contribution < -0.4 is 10.5 Å². The molecule has 2 heterocycles. The van der Waals surface area contributed by atoms with Crippen LogP contribution in [0.4, 0.5) is 10.7 Å². The first-order valence-corrected chi connectivity index (χ1v) is 11.1. The highest BCUT2D eigenvalue weighted by Gasteiger charge is 2.29. The van der Waals surface area contributed by atoms with Crippen molar-refractivity contribution in [1.29, 1.82) is 0 Å². The van der Waals surface area contributed by atoms with Crippen LogP contribution in [0.1, 0.15) is 40.2 Å². The molecule has 2 aromatic carbocycles. The number of para-hydroxylation sites is 1. The number of furan rings is 1. The number of amides is 1. The smallest absolute Gasteiger partial charge is 0.417 e. The summed E-state index contributed by atoms with van der Waals surface area (Å²) in [6.45, 7) is 10.0. The SMILES string of the molecule is CC(C)CN(C(=O)OC(C)(C)C)c1nc2c(oc3ccccc32)c(=O)n1Cc1ccccc1. The van der Waals surface area contributed by atoms with Crippen molar-refractivity contribution in [1.82, 2.24) is 9.55 Å². The van der Waals surface area contributed by atoms with Crippen LogP contribution in [0, 0.1) is 5.92 Å². The Kier molecular flexibility index (Phi) is 5.97. The summed E-state index contributed by atoms with van der Waals surface area (Å²) in [4.78, 5) is 33.2. The van der Waals surface area contributed by atoms with Gasteiger partial charge in [0.1, 0.15) is 16.7 Å². The van der Waals surface area contributed by atoms with Gasteiger partial charge < -0.3 is 9.15 Å². The van der Waals surface area contributed by atoms with Crippen LogP contribution in [0.2, 0.25) is 0 Å². The zero-order valence-electron chi connectivity index (χ0n) is 19.7. The monoisotopic (exact) mass is 447 g/mol. The molecule has 0 saturated carbocycles. The second-order valence-corrected chi connectivity index (χ2v) is 9.55. The lowest BCUT2D eigenvalue weighted by Crippen LogP contribution is -2.42. The Morgan fingerprint density at radius 1 is 1.09 bits per heavy atom. The predicted octanol–water partition coefficient (Wildman–Crippen LogP) is 5.59. The zero-order chi connectivity index (χ0) is 23.8. The van der Waals surface area contributed by atoms with E-state index in [2.05, 4.69) is 0 Å². The number of hydrogen-bond donors (Lipinski definition) is 0. The van der Waals surface area contributed by atoms with E-state index < -0.39 is 11.7 Å². The third-order valence-corrected chi connectivity index (χ3v) is 5.05. The Morgan fingerprint density at radius 3 is 2.42 bits per heavy atom. The molecule has 4 aromatic rings. The molecule has 0 spiro atoms. The molecule has 0 bridgehead atoms. The van der Waals surface area contributed by atoms with E-state index in [9.17, 15) is 9.59 Å². The molecule has 4 rings (SSSR count). The van der Waals surface area contributed by atoms with Gasteiger partial charge in [-0.15, -0.1) is 0 Å². The Hall–Kier alpha value is -3.61. The standard InChI is InChI=1S/C26H29N3O4/c1-17(2)15-29(25(31)33-26(3,4)5)24-27-21-19-13-9-10-14-20(19)32-22(21)23(30)28(24)16-18-11-7-6-8-12-18/h6-14,17H,15-16H2,1-5H3. The maximum atomic E-state index is 13.7. The number of aromatic nitrogens is 2. The number of carbonyl (C=O) groups is 1. The lowest BCUT2D eigenvalue weighted by atomic mass is 10.2. The summed E-state index contributed by atoms with van der Waals surface area (Å²) in [5.41, 5.74) is 1.06. The molecule has 2 aromatic heterocycles. The maximum absolute atomic E-state index is 13.7. The van der Waals surface area contributed by atoms with E-state index in [1.54, 1.807) is 6.07 Å². The molecule has 33 heavy (non-hydrogen) atoms. The van der Waals surface area contributed by atoms with E-state index in [-0.39, 0.29) is 29.6 Å². The number of fused-ring (bicyclic) bond motifs is 3. The molecule has 0 atom stereocenters. The van der Waals surface area contributed by atoms with Crippen molar-refractivity contribution in [3.8, 4) is 0 Å². The molecule has 0 fully saturated rings. The van der Waals surface area contributed by atoms with Crippen molar-refractivity contribution in [2.75, 3.05) is 11.4 Å². The van der Waals surface area contributed by atoms with E-state index in [0.717, 1.165) is 10.9 Å². The minimum absolute atomic E-state index is 0.122. The van der Waals surface area contributed by atoms with E-state index in [1.165, 1.54) is 9.47 Å². The summed E-state index contributed by atoms with van der Waals surface area (Å²) in [7, 11) is 0. The summed E-state index contributed by atoms with van der Waals surface area (Å²) >= 11 is 0. The first kappa shape index (κ1) is 22.6. The van der Waals surface area contributed by atoms with Crippen LogP contribution in [0.5, 0.6) is 0 Å². The second kappa shape index (κ2) is 8.73. The molecule has 7 nitrogen and oxygen atoms in total. The van der Waals surface area contributed by atoms with Crippen LogP contribution in [0.3, 0.4) is 0 Å². The number of benzene rings is 2. The molecule has 0 radical (unpaired) electrons. The van der Waals surface area contributed by atoms with Gasteiger partial charge in [0.15, 0.2) is 0 Å². The largest absolute Gasteiger partial charge is 0.448 e. The normalized spacial score (nSPS) is 11.9. The summed E-state index contributed by atoms with van der Waals surface area (Å²) in [6.07, 6.45) is -0.544. The molecule has 0 aliphatic rings. The average Bonchev–Trinajstić information content (AvgIpc) is 3.12. The highest BCUT2D eigenvalue weighted by atomic mass is 16.6. The summed E-state index contributed by atoms with van der Waals surface area (Å²) in [5.74, 6) is 0.363. The fourth-order valence-corrected chi connectivity index (χ4v) is 3.70. The number of hydrogen-bond acceptors (Lipinski definition) is 5. The van der Waals surface area contributed by atoms with E-state index >= 15 is 0 Å². The summed E-state index contributed by atoms with van der Waals surface area (Å²) in [6, 6.07) is 17.0. The topological polar surface area (TPSA) is 77.6 Å². The van der Waals surface area contributed by atoms with Crippen LogP contribution in [-0.2, 0) is 11.3 Å². The van der Waals surface area contributed by atoms with Gasteiger partial charge in [-0.1, -0.05) is 56.3 Å². The van der Waals surface area contributed by atoms with Crippen molar-refractivity contribution >= 4 is 34.1 Å². The average molecular weight is 448 g/mol. The first-order valence-electron chi connectivity index (χ1n) is 11.1. The van der Waals surface area contributed by atoms with E-state index in [0.29, 0.717) is 17.6 Å². The Labute approximate surface area is 192 Å². The lowest BCUT2D eigenvalue weighted by Gasteiger charge is -2.29. The number of nitrogens with zero attached hydrogens (tertiary/aromatic N) is 3. The molecule has 0 unspecified atom stereocenters. The highest BCUT2D eigenvalue weighted by Crippen LogP contribution is 2.28. The van der Waals surface area contributed by atoms with Crippen molar-refractivity contribution in [2.24, 2.45) is 5.92 Å². The first-order chi connectivity index (χ1) is 15.6. The molecule has 1 amide bonds. The van der Waals surface area contributed by atoms with Crippen LogP contribution in [0.15, 0.2) is 63.8 Å². The summed E-state index contributed by atoms with van der Waals surface area (Å²) in [5, 5.41) is 0.728. The molecular weight excluding hydrogens is 418 g/mol. The van der Waals surface area contributed by atoms with Crippen LogP contribution >= 0.6 is 0 Å². The number of anilines is 1. The summed E-state index contributed by atoms with van der Waals surface area (Å²) < 4.78 is 13.1. The quantitative estimate of drug-likeness (QED) is 0.399. The second-order valence-electron chi connectivity index (χ2n) is 9.55. The highest BCUT2D eigenvalue weighted by molar-refractivity contribution is 6.02. The molecule has 0 aliphatic carbocycles. The minimum Gasteiger partial charge on any atom is -0.448 e. The van der Waals surface area contributed by atoms with Crippen molar-refractivity contribution < 1.29 is 13.9 Å². The van der Waals surface area contributed by atoms with Gasteiger partial charge in [-0.2, -0.15) is 0 Å². The third-order valence-electron chi connectivity index (χ3n) is 5.05. The molecule has 7 heteroatoms. The van der Waals surface area contributed by atoms with Gasteiger partial charge in [0.25, 0.3) is 5.56 Å². The number of rotatable bonds is 5. The van der Waals surface area contributed by atoms with Gasteiger partial charge in [-0.3, -0.25) is 9.36 Å². The zero-order valence-corrected chi connectivity index (χ0v) is 19.7. The Morgan fingerprint density at radius 2 is 1.76 bits per heavy atom. The Bertz CT molecular complexity index is 1350. The molecule has 0 saturated heterocycles. The fraction of sp³-hybridized carbons (Fsp3) is 0.346. The van der Waals surface area contributed by atoms with Crippen molar-refractivity contribution in [3.05, 3.63) is 70.5 Å². The molecule has 172 valence electrons. The van der Waals surface area contributed by atoms with Gasteiger partial charge in [0.05, 0.1) is 6.54 Å². The fourth-order valence-electron chi connectivity index (χ4n) is 3.70. The van der Waals surface area contributed by atoms with Gasteiger partial charge >= 0.3 is 6.09 Å². The maximum Gasteiger partial charge on any atom is 0.417 e. The predicted molar refractivity (Wildman–Crippen MR) is 130 cm³/mol. The Balaban J connectivity index is 1.97. The van der Waals surface area contributed by atoms with Crippen molar-refractivity contribution in [3.63, 3.8) is 0 Å². The number of carbonyl (C=O) groups excluding carboxylic acids is 1. The van der Waals surface area contributed by atoms with Crippen LogP contribution in [-0.4, -0.2) is 27.8 Å².